The van der Waals surface area contributed by atoms with E-state index in [-0.39, 0.29) is 11.9 Å². The fourth-order valence-electron chi connectivity index (χ4n) is 4.43. The van der Waals surface area contributed by atoms with Gasteiger partial charge in [-0.25, -0.2) is 9.97 Å². The summed E-state index contributed by atoms with van der Waals surface area (Å²) < 4.78 is 18.0. The van der Waals surface area contributed by atoms with Crippen molar-refractivity contribution < 1.29 is 23.8 Å². The Morgan fingerprint density at radius 1 is 0.884 bits per heavy atom. The van der Waals surface area contributed by atoms with Crippen LogP contribution in [0, 0.1) is 0 Å². The topological polar surface area (TPSA) is 117 Å². The third-order valence-electron chi connectivity index (χ3n) is 6.48. The number of benzene rings is 2. The molecule has 10 heteroatoms. The zero-order valence-electron chi connectivity index (χ0n) is 25.5. The average Bonchev–Trinajstić information content (AvgIpc) is 3.39. The van der Waals surface area contributed by atoms with Gasteiger partial charge in [0.2, 0.25) is 5.95 Å². The summed E-state index contributed by atoms with van der Waals surface area (Å²) in [6.45, 7) is 8.40. The number of hydrogen-bond donors (Lipinski definition) is 1. The first-order valence-corrected chi connectivity index (χ1v) is 14.9. The van der Waals surface area contributed by atoms with Crippen LogP contribution in [0.25, 0.3) is 16.9 Å². The van der Waals surface area contributed by atoms with Gasteiger partial charge in [-0.3, -0.25) is 14.2 Å². The van der Waals surface area contributed by atoms with Gasteiger partial charge in [-0.1, -0.05) is 12.1 Å². The minimum Gasteiger partial charge on any atom is -0.494 e. The van der Waals surface area contributed by atoms with Crippen LogP contribution in [0.2, 0.25) is 0 Å². The predicted octanol–water partition coefficient (Wildman–Crippen LogP) is 6.73. The van der Waals surface area contributed by atoms with E-state index in [0.717, 1.165) is 49.2 Å². The van der Waals surface area contributed by atoms with Gasteiger partial charge in [0.1, 0.15) is 23.2 Å². The summed E-state index contributed by atoms with van der Waals surface area (Å²) >= 11 is 0. The van der Waals surface area contributed by atoms with E-state index < -0.39 is 5.60 Å². The Morgan fingerprint density at radius 2 is 1.60 bits per heavy atom. The van der Waals surface area contributed by atoms with Crippen molar-refractivity contribution in [2.24, 2.45) is 0 Å². The molecule has 228 valence electrons. The number of unbranched alkanes of at least 4 members (excludes halogenated alkanes) is 2. The summed E-state index contributed by atoms with van der Waals surface area (Å²) in [5.41, 5.74) is 3.92. The number of aromatic nitrogens is 4. The van der Waals surface area contributed by atoms with E-state index in [1.54, 1.807) is 12.5 Å². The van der Waals surface area contributed by atoms with Gasteiger partial charge in [-0.2, -0.15) is 4.98 Å². The van der Waals surface area contributed by atoms with Crippen LogP contribution in [-0.4, -0.2) is 50.3 Å². The summed E-state index contributed by atoms with van der Waals surface area (Å²) in [5.74, 6) is 0.918. The van der Waals surface area contributed by atoms with Gasteiger partial charge in [-0.15, -0.1) is 0 Å². The highest BCUT2D eigenvalue weighted by atomic mass is 16.6. The van der Waals surface area contributed by atoms with E-state index in [0.29, 0.717) is 43.2 Å². The third kappa shape index (κ3) is 10.1. The molecule has 0 fully saturated rings. The molecule has 0 amide bonds. The van der Waals surface area contributed by atoms with Gasteiger partial charge in [0.05, 0.1) is 19.4 Å². The summed E-state index contributed by atoms with van der Waals surface area (Å²) in [4.78, 5) is 36.9. The standard InChI is InChI=1S/C33H41N5O5/c1-5-41-29(39)11-8-9-21-42-27-19-17-26(18-20-27)38-23-35-28-22-34-32(37-31(28)38)36-25-15-13-24(14-16-25)10-6-7-12-30(40)43-33(2,3)4/h13-20,22-23H,5-12,21H2,1-4H3,(H,34,36,37). The van der Waals surface area contributed by atoms with E-state index in [4.69, 9.17) is 19.2 Å². The minimum atomic E-state index is -0.440. The summed E-state index contributed by atoms with van der Waals surface area (Å²) in [7, 11) is 0. The number of nitrogens with zero attached hydrogens (tertiary/aromatic N) is 4. The number of carbonyl (C=O) groups is 2. The molecule has 2 heterocycles. The third-order valence-corrected chi connectivity index (χ3v) is 6.48. The van der Waals surface area contributed by atoms with Gasteiger partial charge in [0.25, 0.3) is 0 Å². The van der Waals surface area contributed by atoms with Crippen LogP contribution < -0.4 is 10.1 Å². The number of rotatable bonds is 15. The molecule has 0 aliphatic rings. The van der Waals surface area contributed by atoms with E-state index in [1.807, 2.05) is 68.7 Å². The van der Waals surface area contributed by atoms with Crippen molar-refractivity contribution in [3.05, 3.63) is 66.6 Å². The monoisotopic (exact) mass is 587 g/mol. The van der Waals surface area contributed by atoms with Crippen LogP contribution in [0.4, 0.5) is 11.6 Å². The van der Waals surface area contributed by atoms with E-state index in [1.165, 1.54) is 5.56 Å². The van der Waals surface area contributed by atoms with E-state index in [2.05, 4.69) is 27.4 Å². The molecule has 2 aromatic carbocycles. The predicted molar refractivity (Wildman–Crippen MR) is 166 cm³/mol. The largest absolute Gasteiger partial charge is 0.494 e. The molecule has 0 radical (unpaired) electrons. The lowest BCUT2D eigenvalue weighted by Crippen LogP contribution is -2.23. The number of aryl methyl sites for hydroxylation is 1. The Labute approximate surface area is 252 Å². The minimum absolute atomic E-state index is 0.146. The molecule has 0 saturated carbocycles. The molecule has 4 rings (SSSR count). The SMILES string of the molecule is CCOC(=O)CCCCOc1ccc(-n2cnc3cnc(Nc4ccc(CCCCC(=O)OC(C)(C)C)cc4)nc32)cc1. The van der Waals surface area contributed by atoms with Crippen molar-refractivity contribution in [3.8, 4) is 11.4 Å². The van der Waals surface area contributed by atoms with Gasteiger partial charge in [0, 0.05) is 24.2 Å². The van der Waals surface area contributed by atoms with Crippen LogP contribution in [0.5, 0.6) is 5.75 Å². The first-order valence-electron chi connectivity index (χ1n) is 14.9. The second kappa shape index (κ2) is 15.1. The molecular formula is C33H41N5O5. The van der Waals surface area contributed by atoms with Crippen molar-refractivity contribution in [1.29, 1.82) is 0 Å². The number of carbonyl (C=O) groups excluding carboxylic acids is 2. The second-order valence-corrected chi connectivity index (χ2v) is 11.2. The average molecular weight is 588 g/mol. The molecule has 1 N–H and O–H groups in total. The number of fused-ring (bicyclic) bond motifs is 1. The molecule has 43 heavy (non-hydrogen) atoms. The van der Waals surface area contributed by atoms with E-state index >= 15 is 0 Å². The quantitative estimate of drug-likeness (QED) is 0.119. The summed E-state index contributed by atoms with van der Waals surface area (Å²) in [6.07, 6.45) is 8.39. The van der Waals surface area contributed by atoms with Crippen molar-refractivity contribution in [3.63, 3.8) is 0 Å². The first kappa shape index (κ1) is 31.5. The van der Waals surface area contributed by atoms with Crippen molar-refractivity contribution >= 4 is 34.7 Å². The molecule has 0 saturated heterocycles. The van der Waals surface area contributed by atoms with Crippen LogP contribution in [-0.2, 0) is 25.5 Å². The highest BCUT2D eigenvalue weighted by molar-refractivity contribution is 5.74. The number of nitrogens with one attached hydrogen (secondary N) is 1. The molecule has 0 bridgehead atoms. The Hall–Kier alpha value is -4.47. The maximum absolute atomic E-state index is 11.9. The lowest BCUT2D eigenvalue weighted by atomic mass is 10.1. The number of hydrogen-bond acceptors (Lipinski definition) is 9. The lowest BCUT2D eigenvalue weighted by molar-refractivity contribution is -0.155. The van der Waals surface area contributed by atoms with Gasteiger partial charge < -0.3 is 19.5 Å². The fraction of sp³-hybridized carbons (Fsp3) is 0.424. The summed E-state index contributed by atoms with van der Waals surface area (Å²) in [6, 6.07) is 15.9. The fourth-order valence-corrected chi connectivity index (χ4v) is 4.43. The van der Waals surface area contributed by atoms with Crippen molar-refractivity contribution in [2.75, 3.05) is 18.5 Å². The molecule has 0 aliphatic heterocycles. The normalized spacial score (nSPS) is 11.3. The molecule has 4 aromatic rings. The van der Waals surface area contributed by atoms with Crippen molar-refractivity contribution in [1.82, 2.24) is 19.5 Å². The summed E-state index contributed by atoms with van der Waals surface area (Å²) in [5, 5.41) is 3.28. The Balaban J connectivity index is 1.28. The molecule has 10 nitrogen and oxygen atoms in total. The van der Waals surface area contributed by atoms with Gasteiger partial charge in [0.15, 0.2) is 5.65 Å². The van der Waals surface area contributed by atoms with Crippen LogP contribution in [0.15, 0.2) is 61.1 Å². The zero-order chi connectivity index (χ0) is 30.7. The van der Waals surface area contributed by atoms with Gasteiger partial charge in [-0.05, 0) is 102 Å². The molecule has 0 atom stereocenters. The number of esters is 2. The number of imidazole rings is 1. The van der Waals surface area contributed by atoms with E-state index in [9.17, 15) is 9.59 Å². The molecule has 0 unspecified atom stereocenters. The second-order valence-electron chi connectivity index (χ2n) is 11.2. The Bertz CT molecular complexity index is 1480. The first-order chi connectivity index (χ1) is 20.7. The highest BCUT2D eigenvalue weighted by Gasteiger charge is 2.15. The molecule has 0 aliphatic carbocycles. The highest BCUT2D eigenvalue weighted by Crippen LogP contribution is 2.22. The Kier molecular flexibility index (Phi) is 11.1. The lowest BCUT2D eigenvalue weighted by Gasteiger charge is -2.19. The van der Waals surface area contributed by atoms with Crippen LogP contribution >= 0.6 is 0 Å². The maximum Gasteiger partial charge on any atom is 0.306 e. The number of ether oxygens (including phenoxy) is 3. The van der Waals surface area contributed by atoms with Crippen molar-refractivity contribution in [2.45, 2.75) is 78.2 Å². The smallest absolute Gasteiger partial charge is 0.306 e. The number of anilines is 2. The molecule has 0 spiro atoms. The maximum atomic E-state index is 11.9. The van der Waals surface area contributed by atoms with Crippen LogP contribution in [0.1, 0.15) is 71.8 Å². The van der Waals surface area contributed by atoms with Crippen LogP contribution in [0.3, 0.4) is 0 Å². The molecular weight excluding hydrogens is 546 g/mol. The Morgan fingerprint density at radius 3 is 2.33 bits per heavy atom. The zero-order valence-corrected chi connectivity index (χ0v) is 25.5. The molecule has 2 aromatic heterocycles. The van der Waals surface area contributed by atoms with Gasteiger partial charge >= 0.3 is 11.9 Å².